The van der Waals surface area contributed by atoms with Crippen LogP contribution in [-0.2, 0) is 6.54 Å². The second-order valence-electron chi connectivity index (χ2n) is 3.79. The summed E-state index contributed by atoms with van der Waals surface area (Å²) in [7, 11) is 0. The molecule has 0 heterocycles. The Morgan fingerprint density at radius 1 is 1.33 bits per heavy atom. The lowest BCUT2D eigenvalue weighted by atomic mass is 10.1. The van der Waals surface area contributed by atoms with Gasteiger partial charge in [0.25, 0.3) is 11.4 Å². The van der Waals surface area contributed by atoms with E-state index in [0.717, 1.165) is 6.07 Å². The Labute approximate surface area is 103 Å². The molecule has 0 aliphatic heterocycles. The maximum atomic E-state index is 10.8. The van der Waals surface area contributed by atoms with Gasteiger partial charge in [0.1, 0.15) is 0 Å². The zero-order chi connectivity index (χ0) is 13.7. The summed E-state index contributed by atoms with van der Waals surface area (Å²) in [4.78, 5) is 20.0. The van der Waals surface area contributed by atoms with E-state index in [1.807, 2.05) is 0 Å². The van der Waals surface area contributed by atoms with E-state index in [0.29, 0.717) is 5.56 Å². The van der Waals surface area contributed by atoms with Crippen molar-refractivity contribution in [2.75, 3.05) is 6.61 Å². The number of hydrogen-bond donors (Lipinski definition) is 2. The molecule has 0 aromatic heterocycles. The van der Waals surface area contributed by atoms with Crippen LogP contribution < -0.4 is 5.32 Å². The Hall–Kier alpha value is -2.06. The summed E-state index contributed by atoms with van der Waals surface area (Å²) in [5.74, 6) is 0. The Bertz CT molecular complexity index is 463. The number of benzene rings is 1. The zero-order valence-corrected chi connectivity index (χ0v) is 9.70. The van der Waals surface area contributed by atoms with Gasteiger partial charge in [0.2, 0.25) is 0 Å². The largest absolute Gasteiger partial charge is 0.395 e. The molecule has 0 aliphatic rings. The Balaban J connectivity index is 2.97. The van der Waals surface area contributed by atoms with Gasteiger partial charge in [-0.05, 0) is 13.0 Å². The van der Waals surface area contributed by atoms with Crippen molar-refractivity contribution in [1.29, 1.82) is 0 Å². The summed E-state index contributed by atoms with van der Waals surface area (Å²) in [6, 6.07) is 3.28. The van der Waals surface area contributed by atoms with Crippen molar-refractivity contribution in [3.05, 3.63) is 44.0 Å². The van der Waals surface area contributed by atoms with Crippen LogP contribution in [0.3, 0.4) is 0 Å². The molecule has 0 bridgehead atoms. The van der Waals surface area contributed by atoms with E-state index in [9.17, 15) is 20.2 Å². The normalized spacial score (nSPS) is 12.1. The number of hydrogen-bond acceptors (Lipinski definition) is 6. The smallest absolute Gasteiger partial charge is 0.280 e. The van der Waals surface area contributed by atoms with Crippen LogP contribution in [0.1, 0.15) is 12.5 Å². The molecule has 0 amide bonds. The van der Waals surface area contributed by atoms with Crippen molar-refractivity contribution in [2.24, 2.45) is 0 Å². The molecular weight excluding hydrogens is 242 g/mol. The predicted octanol–water partition coefficient (Wildman–Crippen LogP) is 0.973. The van der Waals surface area contributed by atoms with Crippen LogP contribution in [0.25, 0.3) is 0 Å². The first-order valence-electron chi connectivity index (χ1n) is 5.21. The molecular formula is C10H13N3O5. The standard InChI is InChI=1S/C10H13N3O5/c1-7(6-14)11-5-8-2-3-9(12(15)16)4-10(8)13(17)18/h2-4,7,11,14H,5-6H2,1H3. The van der Waals surface area contributed by atoms with E-state index in [4.69, 9.17) is 5.11 Å². The van der Waals surface area contributed by atoms with E-state index in [2.05, 4.69) is 5.32 Å². The molecule has 1 aromatic carbocycles. The second kappa shape index (κ2) is 6.03. The van der Waals surface area contributed by atoms with E-state index in [-0.39, 0.29) is 30.6 Å². The number of nitro benzene ring substituents is 2. The molecule has 0 radical (unpaired) electrons. The van der Waals surface area contributed by atoms with Crippen LogP contribution in [0.2, 0.25) is 0 Å². The Kier molecular flexibility index (Phi) is 4.69. The minimum absolute atomic E-state index is 0.0964. The van der Waals surface area contributed by atoms with E-state index < -0.39 is 9.85 Å². The monoisotopic (exact) mass is 255 g/mol. The molecule has 18 heavy (non-hydrogen) atoms. The van der Waals surface area contributed by atoms with Crippen molar-refractivity contribution in [1.82, 2.24) is 5.32 Å². The van der Waals surface area contributed by atoms with Crippen molar-refractivity contribution in [3.8, 4) is 0 Å². The van der Waals surface area contributed by atoms with Gasteiger partial charge < -0.3 is 10.4 Å². The molecule has 0 spiro atoms. The van der Waals surface area contributed by atoms with Gasteiger partial charge in [0, 0.05) is 24.2 Å². The first-order chi connectivity index (χ1) is 8.45. The molecule has 8 heteroatoms. The van der Waals surface area contributed by atoms with E-state index >= 15 is 0 Å². The highest BCUT2D eigenvalue weighted by atomic mass is 16.6. The van der Waals surface area contributed by atoms with Crippen molar-refractivity contribution in [3.63, 3.8) is 0 Å². The van der Waals surface area contributed by atoms with Crippen LogP contribution in [-0.4, -0.2) is 27.6 Å². The van der Waals surface area contributed by atoms with Gasteiger partial charge in [-0.2, -0.15) is 0 Å². The van der Waals surface area contributed by atoms with Gasteiger partial charge in [-0.3, -0.25) is 20.2 Å². The molecule has 0 fully saturated rings. The molecule has 1 unspecified atom stereocenters. The summed E-state index contributed by atoms with van der Waals surface area (Å²) in [5.41, 5.74) is -0.284. The first kappa shape index (κ1) is 14.0. The number of nitrogens with zero attached hydrogens (tertiary/aromatic N) is 2. The maximum Gasteiger partial charge on any atom is 0.280 e. The quantitative estimate of drug-likeness (QED) is 0.577. The molecule has 1 rings (SSSR count). The topological polar surface area (TPSA) is 119 Å². The molecule has 98 valence electrons. The fraction of sp³-hybridized carbons (Fsp3) is 0.400. The van der Waals surface area contributed by atoms with Gasteiger partial charge in [0.15, 0.2) is 0 Å². The fourth-order valence-electron chi connectivity index (χ4n) is 1.33. The number of non-ortho nitro benzene ring substituents is 1. The SMILES string of the molecule is CC(CO)NCc1ccc([N+](=O)[O-])cc1[N+](=O)[O-]. The zero-order valence-electron chi connectivity index (χ0n) is 9.70. The number of rotatable bonds is 6. The van der Waals surface area contributed by atoms with Crippen LogP contribution in [0.15, 0.2) is 18.2 Å². The summed E-state index contributed by atoms with van der Waals surface area (Å²) in [6.07, 6.45) is 0. The lowest BCUT2D eigenvalue weighted by Gasteiger charge is -2.10. The molecule has 0 saturated heterocycles. The highest BCUT2D eigenvalue weighted by molar-refractivity contribution is 5.49. The predicted molar refractivity (Wildman–Crippen MR) is 63.1 cm³/mol. The first-order valence-corrected chi connectivity index (χ1v) is 5.21. The van der Waals surface area contributed by atoms with E-state index in [1.165, 1.54) is 12.1 Å². The van der Waals surface area contributed by atoms with E-state index in [1.54, 1.807) is 6.92 Å². The minimum Gasteiger partial charge on any atom is -0.395 e. The Morgan fingerprint density at radius 3 is 2.50 bits per heavy atom. The summed E-state index contributed by atoms with van der Waals surface area (Å²) >= 11 is 0. The highest BCUT2D eigenvalue weighted by Gasteiger charge is 2.19. The summed E-state index contributed by atoms with van der Waals surface area (Å²) < 4.78 is 0. The lowest BCUT2D eigenvalue weighted by molar-refractivity contribution is -0.394. The third kappa shape index (κ3) is 3.47. The van der Waals surface area contributed by atoms with Gasteiger partial charge in [-0.1, -0.05) is 0 Å². The van der Waals surface area contributed by atoms with Crippen molar-refractivity contribution in [2.45, 2.75) is 19.5 Å². The number of aliphatic hydroxyl groups excluding tert-OH is 1. The fourth-order valence-corrected chi connectivity index (χ4v) is 1.33. The Morgan fingerprint density at radius 2 is 2.00 bits per heavy atom. The molecule has 2 N–H and O–H groups in total. The summed E-state index contributed by atoms with van der Waals surface area (Å²) in [6.45, 7) is 1.79. The average Bonchev–Trinajstić information content (AvgIpc) is 2.35. The third-order valence-electron chi connectivity index (χ3n) is 2.39. The minimum atomic E-state index is -0.680. The van der Waals surface area contributed by atoms with Crippen LogP contribution in [0, 0.1) is 20.2 Å². The van der Waals surface area contributed by atoms with Gasteiger partial charge in [0.05, 0.1) is 22.5 Å². The third-order valence-corrected chi connectivity index (χ3v) is 2.39. The molecule has 1 aromatic rings. The van der Waals surface area contributed by atoms with Gasteiger partial charge >= 0.3 is 0 Å². The van der Waals surface area contributed by atoms with Crippen LogP contribution in [0.4, 0.5) is 11.4 Å². The average molecular weight is 255 g/mol. The number of nitro groups is 2. The van der Waals surface area contributed by atoms with Crippen LogP contribution in [0.5, 0.6) is 0 Å². The maximum absolute atomic E-state index is 10.8. The number of nitrogens with one attached hydrogen (secondary N) is 1. The van der Waals surface area contributed by atoms with Crippen molar-refractivity contribution >= 4 is 11.4 Å². The van der Waals surface area contributed by atoms with Crippen LogP contribution >= 0.6 is 0 Å². The molecule has 0 aliphatic carbocycles. The molecule has 0 saturated carbocycles. The van der Waals surface area contributed by atoms with Gasteiger partial charge in [-0.15, -0.1) is 0 Å². The second-order valence-corrected chi connectivity index (χ2v) is 3.79. The highest BCUT2D eigenvalue weighted by Crippen LogP contribution is 2.24. The number of aliphatic hydroxyl groups is 1. The van der Waals surface area contributed by atoms with Gasteiger partial charge in [-0.25, -0.2) is 0 Å². The molecule has 1 atom stereocenters. The molecule has 8 nitrogen and oxygen atoms in total. The van der Waals surface area contributed by atoms with Crippen molar-refractivity contribution < 1.29 is 15.0 Å². The summed E-state index contributed by atoms with van der Waals surface area (Å²) in [5, 5.41) is 33.0. The lowest BCUT2D eigenvalue weighted by Crippen LogP contribution is -2.28.